The minimum absolute atomic E-state index is 0.169. The highest BCUT2D eigenvalue weighted by atomic mass is 16.5. The van der Waals surface area contributed by atoms with E-state index in [4.69, 9.17) is 4.74 Å². The number of esters is 1. The van der Waals surface area contributed by atoms with E-state index in [9.17, 15) is 9.59 Å². The summed E-state index contributed by atoms with van der Waals surface area (Å²) in [5.41, 5.74) is -0.169. The second kappa shape index (κ2) is 7.24. The highest BCUT2D eigenvalue weighted by molar-refractivity contribution is 5.70. The van der Waals surface area contributed by atoms with E-state index < -0.39 is 6.09 Å². The first-order valence-corrected chi connectivity index (χ1v) is 6.50. The van der Waals surface area contributed by atoms with Crippen molar-refractivity contribution in [1.82, 2.24) is 5.32 Å². The fourth-order valence-corrected chi connectivity index (χ4v) is 2.60. The van der Waals surface area contributed by atoms with Gasteiger partial charge in [-0.2, -0.15) is 0 Å². The molecule has 18 heavy (non-hydrogen) atoms. The highest BCUT2D eigenvalue weighted by Gasteiger charge is 2.34. The predicted octanol–water partition coefficient (Wildman–Crippen LogP) is 2.25. The largest absolute Gasteiger partial charge is 0.469 e. The van der Waals surface area contributed by atoms with Gasteiger partial charge in [-0.05, 0) is 18.3 Å². The van der Waals surface area contributed by atoms with Gasteiger partial charge >= 0.3 is 12.1 Å². The molecule has 104 valence electrons. The molecule has 0 radical (unpaired) electrons. The van der Waals surface area contributed by atoms with Crippen LogP contribution in [0.15, 0.2) is 0 Å². The zero-order valence-corrected chi connectivity index (χ0v) is 11.3. The molecule has 0 heterocycles. The van der Waals surface area contributed by atoms with Gasteiger partial charge in [-0.25, -0.2) is 4.79 Å². The number of carbonyl (C=O) groups excluding carboxylic acids is 2. The van der Waals surface area contributed by atoms with Crippen LogP contribution in [0.3, 0.4) is 0 Å². The number of nitrogens with one attached hydrogen (secondary N) is 1. The minimum Gasteiger partial charge on any atom is -0.469 e. The Morgan fingerprint density at radius 1 is 1.06 bits per heavy atom. The molecule has 0 atom stereocenters. The Bertz CT molecular complexity index is 283. The van der Waals surface area contributed by atoms with E-state index in [1.165, 1.54) is 27.1 Å². The highest BCUT2D eigenvalue weighted by Crippen LogP contribution is 2.37. The number of carbonyl (C=O) groups is 2. The number of hydrogen-bond acceptors (Lipinski definition) is 4. The van der Waals surface area contributed by atoms with Crippen LogP contribution in [0.5, 0.6) is 0 Å². The lowest BCUT2D eigenvalue weighted by molar-refractivity contribution is -0.143. The van der Waals surface area contributed by atoms with Crippen LogP contribution in [-0.2, 0) is 14.3 Å². The number of methoxy groups -OCH3 is 2. The van der Waals surface area contributed by atoms with E-state index in [1.807, 2.05) is 0 Å². The Balaban J connectivity index is 2.65. The van der Waals surface area contributed by atoms with Crippen LogP contribution in [0.4, 0.5) is 4.79 Å². The van der Waals surface area contributed by atoms with Crippen LogP contribution >= 0.6 is 0 Å². The lowest BCUT2D eigenvalue weighted by atomic mass is 9.77. The van der Waals surface area contributed by atoms with Crippen LogP contribution in [0, 0.1) is 5.41 Å². The Morgan fingerprint density at radius 3 is 2.17 bits per heavy atom. The van der Waals surface area contributed by atoms with Gasteiger partial charge in [0.2, 0.25) is 0 Å². The molecule has 1 N–H and O–H groups in total. The molecular weight excluding hydrogens is 234 g/mol. The maximum atomic E-state index is 11.5. The predicted molar refractivity (Wildman–Crippen MR) is 67.2 cm³/mol. The minimum atomic E-state index is -0.441. The molecule has 5 nitrogen and oxygen atoms in total. The van der Waals surface area contributed by atoms with Crippen LogP contribution in [0.1, 0.15) is 44.9 Å². The van der Waals surface area contributed by atoms with Crippen molar-refractivity contribution >= 4 is 12.1 Å². The third-order valence-corrected chi connectivity index (χ3v) is 3.70. The SMILES string of the molecule is COC(=O)CC1(CNC(=O)OC)CCCCCC1. The summed E-state index contributed by atoms with van der Waals surface area (Å²) in [5.74, 6) is -0.205. The number of ether oxygens (including phenoxy) is 2. The quantitative estimate of drug-likeness (QED) is 0.619. The molecule has 1 saturated carbocycles. The topological polar surface area (TPSA) is 64.6 Å². The molecular formula is C13H23NO4. The van der Waals surface area contributed by atoms with Crippen molar-refractivity contribution in [1.29, 1.82) is 0 Å². The summed E-state index contributed by atoms with van der Waals surface area (Å²) in [5, 5.41) is 2.73. The Morgan fingerprint density at radius 2 is 1.67 bits per heavy atom. The molecule has 5 heteroatoms. The first-order valence-electron chi connectivity index (χ1n) is 6.50. The van der Waals surface area contributed by atoms with Crippen molar-refractivity contribution in [2.24, 2.45) is 5.41 Å². The molecule has 1 rings (SSSR count). The van der Waals surface area contributed by atoms with Gasteiger partial charge in [0, 0.05) is 6.54 Å². The second-order valence-corrected chi connectivity index (χ2v) is 5.01. The van der Waals surface area contributed by atoms with Crippen molar-refractivity contribution in [3.05, 3.63) is 0 Å². The molecule has 0 aromatic rings. The molecule has 0 spiro atoms. The lowest BCUT2D eigenvalue weighted by Gasteiger charge is -2.31. The molecule has 1 aliphatic rings. The van der Waals surface area contributed by atoms with Crippen LogP contribution in [0.2, 0.25) is 0 Å². The van der Waals surface area contributed by atoms with Crippen molar-refractivity contribution in [3.8, 4) is 0 Å². The molecule has 0 aromatic heterocycles. The summed E-state index contributed by atoms with van der Waals surface area (Å²) >= 11 is 0. The van der Waals surface area contributed by atoms with Gasteiger partial charge < -0.3 is 14.8 Å². The zero-order chi connectivity index (χ0) is 13.4. The van der Waals surface area contributed by atoms with Gasteiger partial charge in [-0.1, -0.05) is 25.7 Å². The van der Waals surface area contributed by atoms with Crippen molar-refractivity contribution < 1.29 is 19.1 Å². The van der Waals surface area contributed by atoms with Crippen LogP contribution < -0.4 is 5.32 Å². The molecule has 0 bridgehead atoms. The lowest BCUT2D eigenvalue weighted by Crippen LogP contribution is -2.39. The third kappa shape index (κ3) is 4.55. The summed E-state index contributed by atoms with van der Waals surface area (Å²) in [4.78, 5) is 22.7. The number of alkyl carbamates (subject to hydrolysis) is 1. The fraction of sp³-hybridized carbons (Fsp3) is 0.846. The summed E-state index contributed by atoms with van der Waals surface area (Å²) in [7, 11) is 2.75. The van der Waals surface area contributed by atoms with E-state index in [0.717, 1.165) is 25.7 Å². The number of rotatable bonds is 4. The molecule has 1 amide bonds. The monoisotopic (exact) mass is 257 g/mol. The standard InChI is InChI=1S/C13H23NO4/c1-17-11(15)9-13(10-14-12(16)18-2)7-5-3-4-6-8-13/h3-10H2,1-2H3,(H,14,16). The third-order valence-electron chi connectivity index (χ3n) is 3.70. The molecule has 1 fully saturated rings. The Kier molecular flexibility index (Phi) is 5.95. The number of amides is 1. The van der Waals surface area contributed by atoms with Crippen molar-refractivity contribution in [2.45, 2.75) is 44.9 Å². The van der Waals surface area contributed by atoms with Crippen LogP contribution in [-0.4, -0.2) is 32.8 Å². The van der Waals surface area contributed by atoms with E-state index in [-0.39, 0.29) is 11.4 Å². The van der Waals surface area contributed by atoms with Crippen LogP contribution in [0.25, 0.3) is 0 Å². The molecule has 0 unspecified atom stereocenters. The van der Waals surface area contributed by atoms with Gasteiger partial charge in [-0.15, -0.1) is 0 Å². The smallest absolute Gasteiger partial charge is 0.406 e. The normalized spacial score (nSPS) is 18.6. The summed E-state index contributed by atoms with van der Waals surface area (Å²) < 4.78 is 9.35. The van der Waals surface area contributed by atoms with Gasteiger partial charge in [-0.3, -0.25) is 4.79 Å². The molecule has 1 aliphatic carbocycles. The molecule has 0 saturated heterocycles. The first-order chi connectivity index (χ1) is 8.62. The maximum absolute atomic E-state index is 11.5. The van der Waals surface area contributed by atoms with E-state index in [0.29, 0.717) is 13.0 Å². The number of hydrogen-bond donors (Lipinski definition) is 1. The van der Waals surface area contributed by atoms with Gasteiger partial charge in [0.05, 0.1) is 20.6 Å². The zero-order valence-electron chi connectivity index (χ0n) is 11.3. The van der Waals surface area contributed by atoms with Gasteiger partial charge in [0.15, 0.2) is 0 Å². The summed E-state index contributed by atoms with van der Waals surface area (Å²) in [6.45, 7) is 0.481. The Labute approximate surface area is 108 Å². The fourth-order valence-electron chi connectivity index (χ4n) is 2.60. The van der Waals surface area contributed by atoms with Gasteiger partial charge in [0.25, 0.3) is 0 Å². The Hall–Kier alpha value is -1.26. The van der Waals surface area contributed by atoms with E-state index in [2.05, 4.69) is 10.1 Å². The van der Waals surface area contributed by atoms with E-state index in [1.54, 1.807) is 0 Å². The second-order valence-electron chi connectivity index (χ2n) is 5.01. The first kappa shape index (κ1) is 14.8. The van der Waals surface area contributed by atoms with Crippen molar-refractivity contribution in [2.75, 3.05) is 20.8 Å². The van der Waals surface area contributed by atoms with E-state index >= 15 is 0 Å². The van der Waals surface area contributed by atoms with Crippen molar-refractivity contribution in [3.63, 3.8) is 0 Å². The van der Waals surface area contributed by atoms with Gasteiger partial charge in [0.1, 0.15) is 0 Å². The average molecular weight is 257 g/mol. The average Bonchev–Trinajstić information content (AvgIpc) is 2.62. The maximum Gasteiger partial charge on any atom is 0.406 e. The summed E-state index contributed by atoms with van der Waals surface area (Å²) in [6.07, 6.45) is 6.41. The molecule has 0 aromatic carbocycles. The summed E-state index contributed by atoms with van der Waals surface area (Å²) in [6, 6.07) is 0. The molecule has 0 aliphatic heterocycles.